The van der Waals surface area contributed by atoms with Crippen molar-refractivity contribution >= 4 is 17.0 Å². The molecule has 7 nitrogen and oxygen atoms in total. The van der Waals surface area contributed by atoms with Gasteiger partial charge in [-0.2, -0.15) is 5.10 Å². The molecule has 3 aromatic rings. The molecule has 3 heterocycles. The summed E-state index contributed by atoms with van der Waals surface area (Å²) in [5, 5.41) is 11.8. The summed E-state index contributed by atoms with van der Waals surface area (Å²) in [5.74, 6) is -0.170. The minimum absolute atomic E-state index is 0.170. The highest BCUT2D eigenvalue weighted by atomic mass is 16.5. The first-order valence-corrected chi connectivity index (χ1v) is 7.62. The second-order valence-corrected chi connectivity index (χ2v) is 5.49. The van der Waals surface area contributed by atoms with E-state index in [4.69, 9.17) is 4.52 Å². The van der Waals surface area contributed by atoms with Gasteiger partial charge in [0.2, 0.25) is 0 Å². The fourth-order valence-electron chi connectivity index (χ4n) is 2.59. The van der Waals surface area contributed by atoms with Gasteiger partial charge in [-0.05, 0) is 32.4 Å². The van der Waals surface area contributed by atoms with Gasteiger partial charge in [-0.25, -0.2) is 4.98 Å². The van der Waals surface area contributed by atoms with Crippen LogP contribution in [0.5, 0.6) is 0 Å². The predicted molar refractivity (Wildman–Crippen MR) is 85.0 cm³/mol. The van der Waals surface area contributed by atoms with E-state index < -0.39 is 0 Å². The Balaban J connectivity index is 1.83. The third-order valence-corrected chi connectivity index (χ3v) is 3.66. The molecule has 0 saturated heterocycles. The van der Waals surface area contributed by atoms with Crippen molar-refractivity contribution in [1.29, 1.82) is 0 Å². The van der Waals surface area contributed by atoms with Crippen LogP contribution in [-0.4, -0.2) is 25.8 Å². The van der Waals surface area contributed by atoms with Crippen molar-refractivity contribution in [1.82, 2.24) is 25.2 Å². The minimum atomic E-state index is -0.170. The van der Waals surface area contributed by atoms with E-state index >= 15 is 0 Å². The first-order valence-electron chi connectivity index (χ1n) is 7.62. The number of carbonyl (C=O) groups excluding carboxylic acids is 1. The van der Waals surface area contributed by atoms with E-state index in [1.807, 2.05) is 17.7 Å². The van der Waals surface area contributed by atoms with Gasteiger partial charge in [-0.1, -0.05) is 12.1 Å². The molecule has 0 spiro atoms. The number of pyridine rings is 1. The first kappa shape index (κ1) is 15.2. The van der Waals surface area contributed by atoms with Crippen LogP contribution >= 0.6 is 0 Å². The molecule has 0 atom stereocenters. The molecule has 3 rings (SSSR count). The third kappa shape index (κ3) is 2.94. The third-order valence-electron chi connectivity index (χ3n) is 3.66. The zero-order chi connectivity index (χ0) is 16.4. The number of amides is 1. The van der Waals surface area contributed by atoms with Gasteiger partial charge in [-0.15, -0.1) is 0 Å². The van der Waals surface area contributed by atoms with Gasteiger partial charge in [0.25, 0.3) is 11.6 Å². The minimum Gasteiger partial charge on any atom is -0.346 e. The normalized spacial score (nSPS) is 11.1. The zero-order valence-electron chi connectivity index (χ0n) is 13.5. The molecular formula is C16H19N5O2. The van der Waals surface area contributed by atoms with Crippen LogP contribution in [0.1, 0.15) is 40.8 Å². The number of hydrogen-bond acceptors (Lipinski definition) is 5. The van der Waals surface area contributed by atoms with Crippen molar-refractivity contribution in [2.24, 2.45) is 0 Å². The van der Waals surface area contributed by atoms with Crippen molar-refractivity contribution in [2.45, 2.75) is 40.3 Å². The monoisotopic (exact) mass is 313 g/mol. The molecular weight excluding hydrogens is 294 g/mol. The lowest BCUT2D eigenvalue weighted by Gasteiger charge is -2.09. The summed E-state index contributed by atoms with van der Waals surface area (Å²) in [6.07, 6.45) is 2.74. The van der Waals surface area contributed by atoms with Crippen molar-refractivity contribution in [3.8, 4) is 0 Å². The molecule has 1 N–H and O–H groups in total. The molecule has 7 heteroatoms. The highest BCUT2D eigenvalue weighted by molar-refractivity contribution is 6.05. The van der Waals surface area contributed by atoms with Crippen LogP contribution in [0.15, 0.2) is 22.9 Å². The van der Waals surface area contributed by atoms with Gasteiger partial charge >= 0.3 is 0 Å². The maximum absolute atomic E-state index is 12.6. The smallest absolute Gasteiger partial charge is 0.258 e. The van der Waals surface area contributed by atoms with E-state index in [1.54, 1.807) is 19.2 Å². The van der Waals surface area contributed by atoms with Gasteiger partial charge in [0, 0.05) is 18.4 Å². The number of nitrogens with one attached hydrogen (secondary N) is 1. The highest BCUT2D eigenvalue weighted by Crippen LogP contribution is 2.21. The summed E-state index contributed by atoms with van der Waals surface area (Å²) in [7, 11) is 0. The lowest BCUT2D eigenvalue weighted by molar-refractivity contribution is 0.0951. The second kappa shape index (κ2) is 6.20. The molecule has 0 bridgehead atoms. The molecule has 0 radical (unpaired) electrons. The molecule has 1 amide bonds. The van der Waals surface area contributed by atoms with Gasteiger partial charge < -0.3 is 9.84 Å². The molecule has 120 valence electrons. The number of carbonyl (C=O) groups is 1. The van der Waals surface area contributed by atoms with Gasteiger partial charge in [0.15, 0.2) is 0 Å². The lowest BCUT2D eigenvalue weighted by atomic mass is 10.1. The van der Waals surface area contributed by atoms with Crippen LogP contribution in [0.25, 0.3) is 11.1 Å². The van der Waals surface area contributed by atoms with Crippen LogP contribution in [0.3, 0.4) is 0 Å². The zero-order valence-corrected chi connectivity index (χ0v) is 13.5. The van der Waals surface area contributed by atoms with E-state index in [9.17, 15) is 4.79 Å². The van der Waals surface area contributed by atoms with Crippen LogP contribution < -0.4 is 5.32 Å². The fourth-order valence-corrected chi connectivity index (χ4v) is 2.59. The fraction of sp³-hybridized carbons (Fsp3) is 0.375. The van der Waals surface area contributed by atoms with Crippen molar-refractivity contribution in [3.63, 3.8) is 0 Å². The Bertz CT molecular complexity index is 849. The summed E-state index contributed by atoms with van der Waals surface area (Å²) in [4.78, 5) is 16.9. The van der Waals surface area contributed by atoms with E-state index in [-0.39, 0.29) is 5.91 Å². The molecule has 0 aliphatic heterocycles. The predicted octanol–water partition coefficient (Wildman–Crippen LogP) is 2.38. The molecule has 3 aromatic heterocycles. The van der Waals surface area contributed by atoms with E-state index in [0.717, 1.165) is 24.4 Å². The molecule has 0 fully saturated rings. The summed E-state index contributed by atoms with van der Waals surface area (Å²) in [5.41, 5.74) is 3.28. The quantitative estimate of drug-likeness (QED) is 0.781. The van der Waals surface area contributed by atoms with Gasteiger partial charge in [-0.3, -0.25) is 9.48 Å². The first-order chi connectivity index (χ1) is 11.1. The molecule has 23 heavy (non-hydrogen) atoms. The summed E-state index contributed by atoms with van der Waals surface area (Å²) >= 11 is 0. The maximum atomic E-state index is 12.6. The van der Waals surface area contributed by atoms with Crippen LogP contribution in [-0.2, 0) is 13.1 Å². The van der Waals surface area contributed by atoms with Crippen molar-refractivity contribution < 1.29 is 9.32 Å². The standard InChI is InChI=1S/C16H19N5O2/c1-4-7-21-12(5-6-18-21)9-17-15(22)13-8-10(2)19-16-14(13)11(3)20-23-16/h5-6,8H,4,7,9H2,1-3H3,(H,17,22). The summed E-state index contributed by atoms with van der Waals surface area (Å²) in [6, 6.07) is 3.67. The van der Waals surface area contributed by atoms with Crippen LogP contribution in [0.4, 0.5) is 0 Å². The Kier molecular flexibility index (Phi) is 4.10. The van der Waals surface area contributed by atoms with Crippen LogP contribution in [0.2, 0.25) is 0 Å². The summed E-state index contributed by atoms with van der Waals surface area (Å²) in [6.45, 7) is 6.98. The molecule has 0 aromatic carbocycles. The average Bonchev–Trinajstić information content (AvgIpc) is 3.11. The molecule has 0 saturated carbocycles. The Morgan fingerprint density at radius 3 is 3.00 bits per heavy atom. The molecule has 0 aliphatic rings. The Labute approximate surface area is 133 Å². The van der Waals surface area contributed by atoms with Gasteiger partial charge in [0.05, 0.1) is 28.9 Å². The largest absolute Gasteiger partial charge is 0.346 e. The second-order valence-electron chi connectivity index (χ2n) is 5.49. The van der Waals surface area contributed by atoms with Crippen molar-refractivity contribution in [3.05, 3.63) is 41.0 Å². The van der Waals surface area contributed by atoms with E-state index in [2.05, 4.69) is 27.5 Å². The average molecular weight is 313 g/mol. The number of aromatic nitrogens is 4. The number of rotatable bonds is 5. The number of fused-ring (bicyclic) bond motifs is 1. The topological polar surface area (TPSA) is 85.8 Å². The SMILES string of the molecule is CCCn1nccc1CNC(=O)c1cc(C)nc2onc(C)c12. The Hall–Kier alpha value is -2.70. The Morgan fingerprint density at radius 2 is 2.22 bits per heavy atom. The lowest BCUT2D eigenvalue weighted by Crippen LogP contribution is -2.25. The highest BCUT2D eigenvalue weighted by Gasteiger charge is 2.17. The molecule has 0 unspecified atom stereocenters. The van der Waals surface area contributed by atoms with Crippen molar-refractivity contribution in [2.75, 3.05) is 0 Å². The maximum Gasteiger partial charge on any atom is 0.258 e. The van der Waals surface area contributed by atoms with Crippen LogP contribution in [0, 0.1) is 13.8 Å². The number of nitrogens with zero attached hydrogens (tertiary/aromatic N) is 4. The summed E-state index contributed by atoms with van der Waals surface area (Å²) < 4.78 is 7.07. The van der Waals surface area contributed by atoms with E-state index in [0.29, 0.717) is 28.9 Å². The Morgan fingerprint density at radius 1 is 1.39 bits per heavy atom. The van der Waals surface area contributed by atoms with E-state index in [1.165, 1.54) is 0 Å². The number of aryl methyl sites for hydroxylation is 3. The molecule has 0 aliphatic carbocycles. The number of hydrogen-bond donors (Lipinski definition) is 1. The van der Waals surface area contributed by atoms with Gasteiger partial charge in [0.1, 0.15) is 0 Å².